The lowest BCUT2D eigenvalue weighted by molar-refractivity contribution is -0.119. The third-order valence-electron chi connectivity index (χ3n) is 5.98. The summed E-state index contributed by atoms with van der Waals surface area (Å²) in [5, 5.41) is 4.43. The molecule has 0 radical (unpaired) electrons. The number of nitrogens with zero attached hydrogens (tertiary/aromatic N) is 2. The average Bonchev–Trinajstić information content (AvgIpc) is 3.02. The van der Waals surface area contributed by atoms with Crippen molar-refractivity contribution in [1.29, 1.82) is 0 Å². The van der Waals surface area contributed by atoms with Crippen LogP contribution in [0.15, 0.2) is 40.3 Å². The van der Waals surface area contributed by atoms with Crippen molar-refractivity contribution < 1.29 is 4.79 Å². The highest BCUT2D eigenvalue weighted by molar-refractivity contribution is 7.99. The maximum Gasteiger partial charge on any atom is 0.267 e. The predicted molar refractivity (Wildman–Crippen MR) is 125 cm³/mol. The van der Waals surface area contributed by atoms with Crippen molar-refractivity contribution in [2.75, 3.05) is 5.75 Å². The van der Waals surface area contributed by atoms with Crippen molar-refractivity contribution in [3.05, 3.63) is 51.1 Å². The van der Waals surface area contributed by atoms with Gasteiger partial charge < -0.3 is 5.32 Å². The molecule has 0 spiro atoms. The lowest BCUT2D eigenvalue weighted by atomic mass is 9.86. The molecule has 1 aliphatic rings. The quantitative estimate of drug-likeness (QED) is 0.454. The van der Waals surface area contributed by atoms with Gasteiger partial charge in [0, 0.05) is 10.9 Å². The first-order valence-corrected chi connectivity index (χ1v) is 12.3. The number of para-hydroxylation sites is 1. The minimum atomic E-state index is -0.0724. The van der Waals surface area contributed by atoms with E-state index in [4.69, 9.17) is 4.98 Å². The van der Waals surface area contributed by atoms with Gasteiger partial charge in [-0.1, -0.05) is 49.7 Å². The van der Waals surface area contributed by atoms with E-state index in [0.717, 1.165) is 27.4 Å². The summed E-state index contributed by atoms with van der Waals surface area (Å²) in [6.45, 7) is 6.19. The van der Waals surface area contributed by atoms with Gasteiger partial charge in [0.1, 0.15) is 4.83 Å². The van der Waals surface area contributed by atoms with Crippen LogP contribution in [0.5, 0.6) is 0 Å². The van der Waals surface area contributed by atoms with E-state index in [1.165, 1.54) is 42.4 Å². The fourth-order valence-electron chi connectivity index (χ4n) is 4.09. The van der Waals surface area contributed by atoms with E-state index in [0.29, 0.717) is 16.5 Å². The summed E-state index contributed by atoms with van der Waals surface area (Å²) in [6.07, 6.45) is 4.63. The van der Waals surface area contributed by atoms with Crippen LogP contribution >= 0.6 is 23.1 Å². The predicted octanol–water partition coefficient (Wildman–Crippen LogP) is 4.85. The third kappa shape index (κ3) is 4.18. The van der Waals surface area contributed by atoms with Gasteiger partial charge in [0.05, 0.1) is 16.8 Å². The lowest BCUT2D eigenvalue weighted by Gasteiger charge is -2.29. The van der Waals surface area contributed by atoms with Gasteiger partial charge >= 0.3 is 0 Å². The number of hydrogen-bond donors (Lipinski definition) is 1. The first kappa shape index (κ1) is 21.1. The lowest BCUT2D eigenvalue weighted by Crippen LogP contribution is -2.41. The van der Waals surface area contributed by atoms with Gasteiger partial charge in [0.2, 0.25) is 5.91 Å². The highest BCUT2D eigenvalue weighted by Crippen LogP contribution is 2.30. The van der Waals surface area contributed by atoms with Crippen LogP contribution in [0, 0.1) is 19.8 Å². The molecule has 1 fully saturated rings. The molecule has 1 aliphatic carbocycles. The molecular formula is C23H27N3O2S2. The Kier molecular flexibility index (Phi) is 6.29. The van der Waals surface area contributed by atoms with E-state index in [1.807, 2.05) is 44.2 Å². The van der Waals surface area contributed by atoms with Crippen molar-refractivity contribution in [3.63, 3.8) is 0 Å². The van der Waals surface area contributed by atoms with Crippen LogP contribution in [0.25, 0.3) is 15.9 Å². The monoisotopic (exact) mass is 441 g/mol. The van der Waals surface area contributed by atoms with Crippen molar-refractivity contribution >= 4 is 39.2 Å². The Bertz CT molecular complexity index is 1120. The van der Waals surface area contributed by atoms with Crippen LogP contribution in [0.1, 0.15) is 43.0 Å². The van der Waals surface area contributed by atoms with Crippen molar-refractivity contribution in [3.8, 4) is 5.69 Å². The zero-order chi connectivity index (χ0) is 21.3. The number of carbonyl (C=O) groups is 1. The number of fused-ring (bicyclic) bond motifs is 1. The van der Waals surface area contributed by atoms with Gasteiger partial charge in [0.15, 0.2) is 5.16 Å². The molecule has 2 heterocycles. The van der Waals surface area contributed by atoms with Crippen LogP contribution in [0.3, 0.4) is 0 Å². The van der Waals surface area contributed by atoms with Crippen LogP contribution < -0.4 is 10.9 Å². The standard InChI is InChI=1S/C23H27N3O2S2/c1-14-9-7-8-12-18(14)24-19(27)13-29-23-25-21-20(15(2)16(3)30-21)22(28)26(23)17-10-5-4-6-11-17/h4-6,10-11,14,18H,7-9,12-13H2,1-3H3,(H,24,27)/t14-,18+/m1/s1. The van der Waals surface area contributed by atoms with Gasteiger partial charge in [-0.05, 0) is 50.3 Å². The first-order valence-electron chi connectivity index (χ1n) is 10.5. The Morgan fingerprint density at radius 1 is 1.23 bits per heavy atom. The van der Waals surface area contributed by atoms with Gasteiger partial charge in [-0.2, -0.15) is 0 Å². The van der Waals surface area contributed by atoms with E-state index in [-0.39, 0.29) is 23.3 Å². The van der Waals surface area contributed by atoms with E-state index < -0.39 is 0 Å². The smallest absolute Gasteiger partial charge is 0.267 e. The molecule has 3 aromatic rings. The second kappa shape index (κ2) is 8.94. The van der Waals surface area contributed by atoms with Gasteiger partial charge in [-0.15, -0.1) is 11.3 Å². The number of thiophene rings is 1. The Morgan fingerprint density at radius 2 is 1.97 bits per heavy atom. The molecule has 1 N–H and O–H groups in total. The summed E-state index contributed by atoms with van der Waals surface area (Å²) in [7, 11) is 0. The molecule has 4 rings (SSSR count). The summed E-state index contributed by atoms with van der Waals surface area (Å²) in [5.74, 6) is 0.769. The maximum absolute atomic E-state index is 13.4. The summed E-state index contributed by atoms with van der Waals surface area (Å²) in [4.78, 5) is 32.7. The van der Waals surface area contributed by atoms with Crippen LogP contribution in [-0.4, -0.2) is 27.3 Å². The molecule has 0 aliphatic heterocycles. The molecule has 2 aromatic heterocycles. The molecule has 158 valence electrons. The zero-order valence-corrected chi connectivity index (χ0v) is 19.2. The molecule has 1 saturated carbocycles. The van der Waals surface area contributed by atoms with Crippen LogP contribution in [-0.2, 0) is 4.79 Å². The van der Waals surface area contributed by atoms with Crippen LogP contribution in [0.4, 0.5) is 0 Å². The van der Waals surface area contributed by atoms with Gasteiger partial charge in [0.25, 0.3) is 5.56 Å². The number of amides is 1. The Balaban J connectivity index is 1.64. The topological polar surface area (TPSA) is 64.0 Å². The van der Waals surface area contributed by atoms with Crippen molar-refractivity contribution in [2.45, 2.75) is 57.7 Å². The van der Waals surface area contributed by atoms with E-state index >= 15 is 0 Å². The maximum atomic E-state index is 13.4. The number of nitrogens with one attached hydrogen (secondary N) is 1. The molecule has 5 nitrogen and oxygen atoms in total. The fraction of sp³-hybridized carbons (Fsp3) is 0.435. The fourth-order valence-corrected chi connectivity index (χ4v) is 5.98. The molecule has 0 unspecified atom stereocenters. The summed E-state index contributed by atoms with van der Waals surface area (Å²) in [5.41, 5.74) is 1.68. The number of rotatable bonds is 5. The van der Waals surface area contributed by atoms with Crippen molar-refractivity contribution in [1.82, 2.24) is 14.9 Å². The SMILES string of the molecule is Cc1sc2nc(SCC(=O)N[C@H]3CCCC[C@H]3C)n(-c3ccccc3)c(=O)c2c1C. The molecule has 0 saturated heterocycles. The minimum Gasteiger partial charge on any atom is -0.352 e. The van der Waals surface area contributed by atoms with Gasteiger partial charge in [-0.3, -0.25) is 14.2 Å². The molecular weight excluding hydrogens is 414 g/mol. The number of aromatic nitrogens is 2. The van der Waals surface area contributed by atoms with Crippen LogP contribution in [0.2, 0.25) is 0 Å². The second-order valence-corrected chi connectivity index (χ2v) is 10.2. The molecule has 1 amide bonds. The highest BCUT2D eigenvalue weighted by Gasteiger charge is 2.23. The Hall–Kier alpha value is -2.12. The molecule has 0 bridgehead atoms. The van der Waals surface area contributed by atoms with E-state index in [9.17, 15) is 9.59 Å². The zero-order valence-electron chi connectivity index (χ0n) is 17.6. The summed E-state index contributed by atoms with van der Waals surface area (Å²) in [6, 6.07) is 9.79. The number of aryl methyl sites for hydroxylation is 2. The molecule has 2 atom stereocenters. The van der Waals surface area contributed by atoms with E-state index in [1.54, 1.807) is 4.57 Å². The highest BCUT2D eigenvalue weighted by atomic mass is 32.2. The van der Waals surface area contributed by atoms with Gasteiger partial charge in [-0.25, -0.2) is 4.98 Å². The second-order valence-electron chi connectivity index (χ2n) is 8.06. The number of benzene rings is 1. The minimum absolute atomic E-state index is 0.00579. The number of thioether (sulfide) groups is 1. The van der Waals surface area contributed by atoms with Crippen molar-refractivity contribution in [2.24, 2.45) is 5.92 Å². The largest absolute Gasteiger partial charge is 0.352 e. The number of carbonyl (C=O) groups excluding carboxylic acids is 1. The number of hydrogen-bond acceptors (Lipinski definition) is 5. The molecule has 30 heavy (non-hydrogen) atoms. The summed E-state index contributed by atoms with van der Waals surface area (Å²) >= 11 is 2.87. The Morgan fingerprint density at radius 3 is 2.70 bits per heavy atom. The molecule has 7 heteroatoms. The first-order chi connectivity index (χ1) is 14.5. The van der Waals surface area contributed by atoms with E-state index in [2.05, 4.69) is 12.2 Å². The Labute approximate surface area is 184 Å². The third-order valence-corrected chi connectivity index (χ3v) is 8.02. The summed E-state index contributed by atoms with van der Waals surface area (Å²) < 4.78 is 1.64. The molecule has 1 aromatic carbocycles. The average molecular weight is 442 g/mol. The normalized spacial score (nSPS) is 19.2.